The Hall–Kier alpha value is -2.77. The maximum absolute atomic E-state index is 14.4. The first-order chi connectivity index (χ1) is 17.6. The summed E-state index contributed by atoms with van der Waals surface area (Å²) in [6, 6.07) is 3.25. The van der Waals surface area contributed by atoms with Crippen LogP contribution in [0.1, 0.15) is 111 Å². The molecule has 0 heterocycles. The van der Waals surface area contributed by atoms with Gasteiger partial charge in [-0.2, -0.15) is 0 Å². The largest absolute Gasteiger partial charge is 0.507 e. The van der Waals surface area contributed by atoms with Crippen LogP contribution in [0.25, 0.3) is 0 Å². The van der Waals surface area contributed by atoms with Gasteiger partial charge < -0.3 is 25.4 Å². The summed E-state index contributed by atoms with van der Waals surface area (Å²) >= 11 is 0. The fourth-order valence-electron chi connectivity index (χ4n) is 4.94. The molecule has 1 saturated carbocycles. The molecule has 0 spiro atoms. The highest BCUT2D eigenvalue weighted by molar-refractivity contribution is 5.93. The summed E-state index contributed by atoms with van der Waals surface area (Å²) in [6.07, 6.45) is 4.94. The number of para-hydroxylation sites is 1. The number of ether oxygens (including phenoxy) is 1. The molecule has 38 heavy (non-hydrogen) atoms. The number of alkyl carbamates (subject to hydrolysis) is 1. The number of phenolic OH excluding ortho intramolecular Hbond substituents is 1. The minimum atomic E-state index is -1.09. The molecule has 8 heteroatoms. The summed E-state index contributed by atoms with van der Waals surface area (Å²) in [7, 11) is 0. The van der Waals surface area contributed by atoms with E-state index in [1.807, 2.05) is 34.6 Å². The topological polar surface area (TPSA) is 108 Å². The number of hydrogen-bond acceptors (Lipinski definition) is 5. The highest BCUT2D eigenvalue weighted by Gasteiger charge is 2.44. The lowest BCUT2D eigenvalue weighted by Crippen LogP contribution is -2.60. The quantitative estimate of drug-likeness (QED) is 0.395. The second-order valence-electron chi connectivity index (χ2n) is 12.6. The number of aromatic hydroxyl groups is 1. The van der Waals surface area contributed by atoms with Crippen LogP contribution in [0.2, 0.25) is 0 Å². The highest BCUT2D eigenvalue weighted by atomic mass is 16.6. The van der Waals surface area contributed by atoms with Gasteiger partial charge >= 0.3 is 6.09 Å². The first-order valence-electron chi connectivity index (χ1n) is 14.0. The number of carbonyl (C=O) groups excluding carboxylic acids is 3. The third kappa shape index (κ3) is 8.37. The molecule has 0 bridgehead atoms. The van der Waals surface area contributed by atoms with Gasteiger partial charge in [0.05, 0.1) is 0 Å². The molecular formula is C30H49N3O5. The number of amides is 3. The third-order valence-corrected chi connectivity index (χ3v) is 7.13. The maximum Gasteiger partial charge on any atom is 0.408 e. The van der Waals surface area contributed by atoms with Crippen molar-refractivity contribution in [2.75, 3.05) is 0 Å². The molecule has 3 amide bonds. The van der Waals surface area contributed by atoms with Crippen LogP contribution in [-0.2, 0) is 14.3 Å². The van der Waals surface area contributed by atoms with Crippen molar-refractivity contribution in [2.45, 2.75) is 130 Å². The van der Waals surface area contributed by atoms with Gasteiger partial charge in [-0.1, -0.05) is 57.7 Å². The second-order valence-corrected chi connectivity index (χ2v) is 12.6. The number of nitrogens with zero attached hydrogens (tertiary/aromatic N) is 1. The Morgan fingerprint density at radius 2 is 1.68 bits per heavy atom. The number of benzene rings is 1. The van der Waals surface area contributed by atoms with E-state index in [0.717, 1.165) is 32.1 Å². The summed E-state index contributed by atoms with van der Waals surface area (Å²) in [4.78, 5) is 42.7. The van der Waals surface area contributed by atoms with Crippen LogP contribution in [0.4, 0.5) is 4.79 Å². The van der Waals surface area contributed by atoms with E-state index in [9.17, 15) is 19.5 Å². The maximum atomic E-state index is 14.4. The molecule has 3 unspecified atom stereocenters. The molecule has 1 fully saturated rings. The highest BCUT2D eigenvalue weighted by Crippen LogP contribution is 2.37. The molecule has 0 aromatic heterocycles. The first-order valence-corrected chi connectivity index (χ1v) is 14.0. The van der Waals surface area contributed by atoms with Crippen LogP contribution in [-0.4, -0.2) is 51.1 Å². The van der Waals surface area contributed by atoms with Gasteiger partial charge in [0.15, 0.2) is 0 Å². The van der Waals surface area contributed by atoms with Crippen molar-refractivity contribution < 1.29 is 24.2 Å². The van der Waals surface area contributed by atoms with Crippen molar-refractivity contribution >= 4 is 17.9 Å². The zero-order chi connectivity index (χ0) is 28.8. The zero-order valence-corrected chi connectivity index (χ0v) is 24.8. The molecule has 1 aliphatic rings. The number of phenols is 1. The molecule has 1 aromatic carbocycles. The molecule has 0 saturated heterocycles. The van der Waals surface area contributed by atoms with Gasteiger partial charge in [0, 0.05) is 17.1 Å². The molecule has 0 aliphatic heterocycles. The van der Waals surface area contributed by atoms with Crippen LogP contribution < -0.4 is 10.6 Å². The Bertz CT molecular complexity index is 973. The molecule has 1 aliphatic carbocycles. The summed E-state index contributed by atoms with van der Waals surface area (Å²) in [5.41, 5.74) is -0.568. The average molecular weight is 532 g/mol. The smallest absolute Gasteiger partial charge is 0.408 e. The van der Waals surface area contributed by atoms with Crippen molar-refractivity contribution in [3.05, 3.63) is 29.3 Å². The van der Waals surface area contributed by atoms with Crippen LogP contribution in [0.5, 0.6) is 5.75 Å². The lowest BCUT2D eigenvalue weighted by molar-refractivity contribution is -0.149. The average Bonchev–Trinajstić information content (AvgIpc) is 2.80. The minimum Gasteiger partial charge on any atom is -0.507 e. The molecular weight excluding hydrogens is 482 g/mol. The number of hydrogen-bond donors (Lipinski definition) is 3. The number of nitrogens with one attached hydrogen (secondary N) is 2. The van der Waals surface area contributed by atoms with Gasteiger partial charge in [0.1, 0.15) is 23.4 Å². The molecule has 0 radical (unpaired) electrons. The second kappa shape index (κ2) is 12.9. The van der Waals surface area contributed by atoms with Gasteiger partial charge in [-0.05, 0) is 72.8 Å². The van der Waals surface area contributed by atoms with Crippen LogP contribution in [0.15, 0.2) is 18.2 Å². The van der Waals surface area contributed by atoms with E-state index < -0.39 is 35.2 Å². The van der Waals surface area contributed by atoms with Crippen molar-refractivity contribution in [1.82, 2.24) is 15.5 Å². The van der Waals surface area contributed by atoms with Crippen molar-refractivity contribution in [2.24, 2.45) is 5.92 Å². The Morgan fingerprint density at radius 1 is 1.08 bits per heavy atom. The van der Waals surface area contributed by atoms with Crippen LogP contribution >= 0.6 is 0 Å². The van der Waals surface area contributed by atoms with Crippen LogP contribution in [0.3, 0.4) is 0 Å². The molecule has 3 atom stereocenters. The van der Waals surface area contributed by atoms with E-state index in [0.29, 0.717) is 17.5 Å². The fourth-order valence-corrected chi connectivity index (χ4v) is 4.94. The van der Waals surface area contributed by atoms with Gasteiger partial charge in [-0.3, -0.25) is 9.59 Å². The van der Waals surface area contributed by atoms with E-state index >= 15 is 0 Å². The van der Waals surface area contributed by atoms with E-state index in [4.69, 9.17) is 4.74 Å². The van der Waals surface area contributed by atoms with Crippen molar-refractivity contribution in [3.8, 4) is 5.75 Å². The number of aryl methyl sites for hydroxylation is 1. The Kier molecular flexibility index (Phi) is 10.6. The third-order valence-electron chi connectivity index (χ3n) is 7.13. The number of carbonyl (C=O) groups is 3. The van der Waals surface area contributed by atoms with Gasteiger partial charge in [-0.25, -0.2) is 4.79 Å². The lowest BCUT2D eigenvalue weighted by atomic mass is 9.90. The summed E-state index contributed by atoms with van der Waals surface area (Å²) < 4.78 is 5.47. The number of rotatable bonds is 8. The lowest BCUT2D eigenvalue weighted by Gasteiger charge is -2.44. The standard InChI is InChI=1S/C30H49N3O5/c1-10-19(2)23(32-28(37)38-30(7,8)9)27(36)33(29(4,5)6)24(22-18-14-15-20(3)25(22)34)26(35)31-21-16-12-11-13-17-21/h14-15,18-19,21,23-24,34H,10-13,16-17H2,1-9H3,(H,31,35)(H,32,37). The molecule has 2 rings (SSSR count). The normalized spacial score (nSPS) is 17.2. The molecule has 8 nitrogen and oxygen atoms in total. The van der Waals surface area contributed by atoms with Crippen molar-refractivity contribution in [1.29, 1.82) is 0 Å². The van der Waals surface area contributed by atoms with E-state index in [1.165, 1.54) is 4.90 Å². The summed E-state index contributed by atoms with van der Waals surface area (Å²) in [5, 5.41) is 17.0. The molecule has 214 valence electrons. The fraction of sp³-hybridized carbons (Fsp3) is 0.700. The van der Waals surface area contributed by atoms with Crippen molar-refractivity contribution in [3.63, 3.8) is 0 Å². The SMILES string of the molecule is CCC(C)C(NC(=O)OC(C)(C)C)C(=O)N(C(C(=O)NC1CCCCC1)c1cccc(C)c1O)C(C)(C)C. The monoisotopic (exact) mass is 531 g/mol. The van der Waals surface area contributed by atoms with Gasteiger partial charge in [0.2, 0.25) is 11.8 Å². The van der Waals surface area contributed by atoms with Gasteiger partial charge in [0.25, 0.3) is 0 Å². The molecule has 3 N–H and O–H groups in total. The summed E-state index contributed by atoms with van der Waals surface area (Å²) in [5.74, 6) is -0.977. The predicted molar refractivity (Wildman–Crippen MR) is 150 cm³/mol. The Balaban J connectivity index is 2.59. The Morgan fingerprint density at radius 3 is 2.21 bits per heavy atom. The summed E-state index contributed by atoms with van der Waals surface area (Å²) in [6.45, 7) is 16.5. The zero-order valence-electron chi connectivity index (χ0n) is 24.8. The van der Waals surface area contributed by atoms with Gasteiger partial charge in [-0.15, -0.1) is 0 Å². The van der Waals surface area contributed by atoms with E-state index in [1.54, 1.807) is 45.9 Å². The van der Waals surface area contributed by atoms with E-state index in [-0.39, 0.29) is 23.6 Å². The predicted octanol–water partition coefficient (Wildman–Crippen LogP) is 5.76. The van der Waals surface area contributed by atoms with Crippen LogP contribution in [0, 0.1) is 12.8 Å². The molecule has 1 aromatic rings. The van der Waals surface area contributed by atoms with E-state index in [2.05, 4.69) is 10.6 Å². The minimum absolute atomic E-state index is 0.0152. The first kappa shape index (κ1) is 31.4. The Labute approximate surface area is 228 Å².